The molecule has 0 unspecified atom stereocenters. The van der Waals surface area contributed by atoms with E-state index in [0.29, 0.717) is 0 Å². The maximum absolute atomic E-state index is 4.52. The van der Waals surface area contributed by atoms with Crippen LogP contribution in [0.4, 0.5) is 17.1 Å². The first-order valence-corrected chi connectivity index (χ1v) is 16.4. The zero-order valence-electron chi connectivity index (χ0n) is 26.8. The van der Waals surface area contributed by atoms with E-state index in [1.54, 1.807) is 0 Å². The molecule has 0 aromatic heterocycles. The van der Waals surface area contributed by atoms with Gasteiger partial charge in [-0.2, -0.15) is 0 Å². The summed E-state index contributed by atoms with van der Waals surface area (Å²) in [6.45, 7) is 13.1. The molecule has 0 saturated heterocycles. The second-order valence-corrected chi connectivity index (χ2v) is 13.4. The number of allylic oxidation sites excluding steroid dienone is 4. The van der Waals surface area contributed by atoms with E-state index >= 15 is 0 Å². The summed E-state index contributed by atoms with van der Waals surface area (Å²) in [6, 6.07) is 51.8. The lowest BCUT2D eigenvalue weighted by Crippen LogP contribution is -2.26. The molecule has 0 fully saturated rings. The topological polar surface area (TPSA) is 3.24 Å². The summed E-state index contributed by atoms with van der Waals surface area (Å²) in [7, 11) is 0. The molecule has 0 saturated carbocycles. The third-order valence-corrected chi connectivity index (χ3v) is 10.8. The fourth-order valence-corrected chi connectivity index (χ4v) is 8.64. The molecule has 3 aliphatic carbocycles. The van der Waals surface area contributed by atoms with Crippen molar-refractivity contribution in [2.75, 3.05) is 4.90 Å². The monoisotopic (exact) mass is 601 g/mol. The van der Waals surface area contributed by atoms with E-state index in [-0.39, 0.29) is 10.8 Å². The molecular formula is C46H35N. The van der Waals surface area contributed by atoms with E-state index in [2.05, 4.69) is 178 Å². The van der Waals surface area contributed by atoms with Gasteiger partial charge in [0.15, 0.2) is 0 Å². The van der Waals surface area contributed by atoms with E-state index in [1.807, 2.05) is 6.08 Å². The van der Waals surface area contributed by atoms with Crippen molar-refractivity contribution in [1.82, 2.24) is 0 Å². The van der Waals surface area contributed by atoms with Crippen LogP contribution in [0.2, 0.25) is 0 Å². The molecule has 0 heterocycles. The Morgan fingerprint density at radius 2 is 0.957 bits per heavy atom. The molecule has 0 bridgehead atoms. The SMILES string of the molecule is C=C/C=C1\C(=C)C(C)(C)c2cc(N(c3ccccc3)c3ccc4c(c3)C3(c5ccccc5-c5ccccc53)c3ccccc3-4)ccc21. The average molecular weight is 602 g/mol. The second-order valence-electron chi connectivity index (χ2n) is 13.4. The Kier molecular flexibility index (Phi) is 5.83. The number of anilines is 3. The zero-order chi connectivity index (χ0) is 31.9. The maximum atomic E-state index is 4.52. The molecular weight excluding hydrogens is 567 g/mol. The number of fused-ring (bicyclic) bond motifs is 11. The van der Waals surface area contributed by atoms with Crippen molar-refractivity contribution in [2.24, 2.45) is 0 Å². The molecule has 224 valence electrons. The Labute approximate surface area is 277 Å². The van der Waals surface area contributed by atoms with Gasteiger partial charge in [-0.3, -0.25) is 0 Å². The highest BCUT2D eigenvalue weighted by Gasteiger charge is 2.51. The van der Waals surface area contributed by atoms with Gasteiger partial charge < -0.3 is 4.90 Å². The van der Waals surface area contributed by atoms with Crippen LogP contribution in [0.3, 0.4) is 0 Å². The van der Waals surface area contributed by atoms with Gasteiger partial charge in [0, 0.05) is 22.5 Å². The number of hydrogen-bond acceptors (Lipinski definition) is 1. The van der Waals surface area contributed by atoms with Crippen LogP contribution in [0.5, 0.6) is 0 Å². The van der Waals surface area contributed by atoms with Crippen LogP contribution in [-0.4, -0.2) is 0 Å². The fourth-order valence-electron chi connectivity index (χ4n) is 8.64. The highest BCUT2D eigenvalue weighted by atomic mass is 15.1. The van der Waals surface area contributed by atoms with Crippen LogP contribution in [0.25, 0.3) is 27.8 Å². The lowest BCUT2D eigenvalue weighted by Gasteiger charge is -2.32. The third-order valence-electron chi connectivity index (χ3n) is 10.8. The quantitative estimate of drug-likeness (QED) is 0.194. The first-order valence-electron chi connectivity index (χ1n) is 16.4. The van der Waals surface area contributed by atoms with E-state index in [0.717, 1.165) is 22.6 Å². The van der Waals surface area contributed by atoms with Gasteiger partial charge in [0.2, 0.25) is 0 Å². The fraction of sp³-hybridized carbons (Fsp3) is 0.0870. The normalized spacial score (nSPS) is 16.4. The van der Waals surface area contributed by atoms with Gasteiger partial charge in [-0.1, -0.05) is 142 Å². The molecule has 0 aliphatic heterocycles. The summed E-state index contributed by atoms with van der Waals surface area (Å²) < 4.78 is 0. The summed E-state index contributed by atoms with van der Waals surface area (Å²) in [5, 5.41) is 0. The van der Waals surface area contributed by atoms with Crippen molar-refractivity contribution >= 4 is 22.6 Å². The van der Waals surface area contributed by atoms with Crippen LogP contribution in [-0.2, 0) is 10.8 Å². The Bertz CT molecular complexity index is 2250. The Hall–Kier alpha value is -5.66. The summed E-state index contributed by atoms with van der Waals surface area (Å²) in [5.41, 5.74) is 18.3. The molecule has 0 amide bonds. The smallest absolute Gasteiger partial charge is 0.0726 e. The van der Waals surface area contributed by atoms with Gasteiger partial charge in [-0.05, 0) is 103 Å². The number of nitrogens with zero attached hydrogens (tertiary/aromatic N) is 1. The van der Waals surface area contributed by atoms with Crippen molar-refractivity contribution < 1.29 is 0 Å². The molecule has 1 heteroatoms. The standard InChI is InChI=1S/C46H35N/c1-5-15-34-30(2)45(3,4)43-28-32(24-26-38(34)43)47(31-16-7-6-8-17-31)33-25-27-39-37-20-11-14-23-42(37)46(44(39)29-33)40-21-12-9-18-35(40)36-19-10-13-22-41(36)46/h5-29H,1-2H2,3-4H3/b34-15+. The molecule has 3 aliphatic rings. The average Bonchev–Trinajstić information content (AvgIpc) is 3.65. The van der Waals surface area contributed by atoms with Crippen LogP contribution in [0.1, 0.15) is 47.2 Å². The predicted molar refractivity (Wildman–Crippen MR) is 198 cm³/mol. The molecule has 47 heavy (non-hydrogen) atoms. The summed E-state index contributed by atoms with van der Waals surface area (Å²) in [5.74, 6) is 0. The second kappa shape index (κ2) is 9.92. The largest absolute Gasteiger partial charge is 0.310 e. The van der Waals surface area contributed by atoms with E-state index < -0.39 is 0 Å². The van der Waals surface area contributed by atoms with Crippen molar-refractivity contribution in [3.63, 3.8) is 0 Å². The van der Waals surface area contributed by atoms with E-state index in [9.17, 15) is 0 Å². The van der Waals surface area contributed by atoms with Crippen LogP contribution in [0.15, 0.2) is 170 Å². The molecule has 9 rings (SSSR count). The number of hydrogen-bond donors (Lipinski definition) is 0. The first kappa shape index (κ1) is 27.6. The van der Waals surface area contributed by atoms with Gasteiger partial charge in [0.1, 0.15) is 0 Å². The minimum atomic E-state index is -0.389. The zero-order valence-corrected chi connectivity index (χ0v) is 26.8. The molecule has 1 nitrogen and oxygen atoms in total. The minimum absolute atomic E-state index is 0.191. The molecule has 0 N–H and O–H groups in total. The summed E-state index contributed by atoms with van der Waals surface area (Å²) >= 11 is 0. The highest BCUT2D eigenvalue weighted by molar-refractivity contribution is 5.97. The Balaban J connectivity index is 1.31. The van der Waals surface area contributed by atoms with Crippen LogP contribution in [0, 0.1) is 0 Å². The molecule has 0 atom stereocenters. The number of benzene rings is 6. The van der Waals surface area contributed by atoms with Gasteiger partial charge in [0.05, 0.1) is 5.41 Å². The lowest BCUT2D eigenvalue weighted by molar-refractivity contribution is 0.663. The highest BCUT2D eigenvalue weighted by Crippen LogP contribution is 2.63. The van der Waals surface area contributed by atoms with E-state index in [1.165, 1.54) is 61.2 Å². The molecule has 6 aromatic rings. The summed E-state index contributed by atoms with van der Waals surface area (Å²) in [6.07, 6.45) is 3.97. The molecule has 1 spiro atoms. The van der Waals surface area contributed by atoms with Gasteiger partial charge in [-0.25, -0.2) is 0 Å². The van der Waals surface area contributed by atoms with Gasteiger partial charge >= 0.3 is 0 Å². The lowest BCUT2D eigenvalue weighted by atomic mass is 9.70. The number of para-hydroxylation sites is 1. The van der Waals surface area contributed by atoms with Gasteiger partial charge in [0.25, 0.3) is 0 Å². The third kappa shape index (κ3) is 3.60. The Morgan fingerprint density at radius 3 is 1.51 bits per heavy atom. The maximum Gasteiger partial charge on any atom is 0.0726 e. The van der Waals surface area contributed by atoms with Crippen LogP contribution < -0.4 is 4.90 Å². The number of rotatable bonds is 4. The van der Waals surface area contributed by atoms with Crippen molar-refractivity contribution in [1.29, 1.82) is 0 Å². The minimum Gasteiger partial charge on any atom is -0.310 e. The van der Waals surface area contributed by atoms with E-state index in [4.69, 9.17) is 0 Å². The van der Waals surface area contributed by atoms with Crippen molar-refractivity contribution in [3.05, 3.63) is 204 Å². The van der Waals surface area contributed by atoms with Crippen molar-refractivity contribution in [3.8, 4) is 22.3 Å². The molecule has 0 radical (unpaired) electrons. The Morgan fingerprint density at radius 1 is 0.489 bits per heavy atom. The summed E-state index contributed by atoms with van der Waals surface area (Å²) in [4.78, 5) is 2.41. The van der Waals surface area contributed by atoms with Crippen molar-refractivity contribution in [2.45, 2.75) is 24.7 Å². The van der Waals surface area contributed by atoms with Crippen LogP contribution >= 0.6 is 0 Å². The predicted octanol–water partition coefficient (Wildman–Crippen LogP) is 11.9. The van der Waals surface area contributed by atoms with Gasteiger partial charge in [-0.15, -0.1) is 0 Å². The molecule has 6 aromatic carbocycles. The first-order chi connectivity index (χ1) is 23.0.